The van der Waals surface area contributed by atoms with E-state index in [-0.39, 0.29) is 0 Å². The summed E-state index contributed by atoms with van der Waals surface area (Å²) in [6.45, 7) is 2.88. The van der Waals surface area contributed by atoms with Crippen molar-refractivity contribution in [3.63, 3.8) is 0 Å². The number of anilines is 1. The van der Waals surface area contributed by atoms with Crippen LogP contribution in [0, 0.1) is 0 Å². The quantitative estimate of drug-likeness (QED) is 0.530. The van der Waals surface area contributed by atoms with Crippen molar-refractivity contribution >= 4 is 44.9 Å². The number of benzene rings is 2. The van der Waals surface area contributed by atoms with E-state index in [9.17, 15) is 4.79 Å². The molecule has 2 heterocycles. The van der Waals surface area contributed by atoms with Gasteiger partial charge in [0.2, 0.25) is 0 Å². The highest BCUT2D eigenvalue weighted by Crippen LogP contribution is 2.39. The smallest absolute Gasteiger partial charge is 0.337 e. The van der Waals surface area contributed by atoms with Gasteiger partial charge in [-0.15, -0.1) is 0 Å². The van der Waals surface area contributed by atoms with Crippen molar-refractivity contribution in [2.75, 3.05) is 25.2 Å². The van der Waals surface area contributed by atoms with Gasteiger partial charge in [0, 0.05) is 16.2 Å². The Hall–Kier alpha value is -2.58. The fourth-order valence-electron chi connectivity index (χ4n) is 3.54. The van der Waals surface area contributed by atoms with E-state index in [0.29, 0.717) is 41.1 Å². The third-order valence-corrected chi connectivity index (χ3v) is 5.91. The summed E-state index contributed by atoms with van der Waals surface area (Å²) in [4.78, 5) is 14.6. The largest absolute Gasteiger partial charge is 0.486 e. The summed E-state index contributed by atoms with van der Waals surface area (Å²) in [6.07, 6.45) is 0. The Morgan fingerprint density at radius 3 is 2.66 bits per heavy atom. The number of carbonyl (C=O) groups excluding carboxylic acids is 1. The standard InChI is InChI=1S/C21H19BrN2O4S/c1-12-18(20(25)26-2)19(14-5-3-4-6-15(14)22)23-21(29)24(12)13-7-8-16-17(11-13)28-10-9-27-16/h3-8,11,19H,9-10H2,1-2H3,(H,23,29)/t19-/m0/s1. The van der Waals surface area contributed by atoms with E-state index in [2.05, 4.69) is 21.2 Å². The van der Waals surface area contributed by atoms with Crippen molar-refractivity contribution in [2.45, 2.75) is 13.0 Å². The Morgan fingerprint density at radius 1 is 1.21 bits per heavy atom. The summed E-state index contributed by atoms with van der Waals surface area (Å²) < 4.78 is 17.3. The average Bonchev–Trinajstić information content (AvgIpc) is 2.73. The summed E-state index contributed by atoms with van der Waals surface area (Å²) in [5.41, 5.74) is 2.86. The van der Waals surface area contributed by atoms with E-state index in [4.69, 9.17) is 26.4 Å². The number of nitrogens with zero attached hydrogens (tertiary/aromatic N) is 1. The van der Waals surface area contributed by atoms with E-state index in [1.54, 1.807) is 0 Å². The fourth-order valence-corrected chi connectivity index (χ4v) is 4.42. The third kappa shape index (κ3) is 3.58. The normalized spacial score (nSPS) is 18.4. The van der Waals surface area contributed by atoms with Crippen molar-refractivity contribution in [1.29, 1.82) is 0 Å². The maximum absolute atomic E-state index is 12.7. The van der Waals surface area contributed by atoms with E-state index >= 15 is 0 Å². The van der Waals surface area contributed by atoms with Crippen molar-refractivity contribution in [1.82, 2.24) is 5.32 Å². The van der Waals surface area contributed by atoms with Crippen molar-refractivity contribution in [2.24, 2.45) is 0 Å². The number of methoxy groups -OCH3 is 1. The highest BCUT2D eigenvalue weighted by molar-refractivity contribution is 9.10. The molecule has 0 saturated carbocycles. The Bertz CT molecular complexity index is 1020. The van der Waals surface area contributed by atoms with Gasteiger partial charge in [0.1, 0.15) is 13.2 Å². The lowest BCUT2D eigenvalue weighted by Crippen LogP contribution is -2.48. The van der Waals surface area contributed by atoms with Crippen LogP contribution in [0.3, 0.4) is 0 Å². The maximum atomic E-state index is 12.7. The predicted molar refractivity (Wildman–Crippen MR) is 117 cm³/mol. The minimum absolute atomic E-state index is 0.416. The van der Waals surface area contributed by atoms with Crippen LogP contribution in [0.4, 0.5) is 5.69 Å². The van der Waals surface area contributed by atoms with Gasteiger partial charge in [-0.1, -0.05) is 34.1 Å². The SMILES string of the molecule is COC(=O)C1=C(C)N(c2ccc3c(c2)OCCO3)C(=S)N[C@H]1c1ccccc1Br. The van der Waals surface area contributed by atoms with Gasteiger partial charge in [-0.2, -0.15) is 0 Å². The summed E-state index contributed by atoms with van der Waals surface area (Å²) in [6, 6.07) is 12.9. The summed E-state index contributed by atoms with van der Waals surface area (Å²) in [5, 5.41) is 3.77. The third-order valence-electron chi connectivity index (χ3n) is 4.89. The predicted octanol–water partition coefficient (Wildman–Crippen LogP) is 4.10. The topological polar surface area (TPSA) is 60.0 Å². The molecular weight excluding hydrogens is 456 g/mol. The van der Waals surface area contributed by atoms with E-state index in [0.717, 1.165) is 15.7 Å². The maximum Gasteiger partial charge on any atom is 0.337 e. The molecule has 0 aromatic heterocycles. The molecule has 0 spiro atoms. The van der Waals surface area contributed by atoms with Crippen LogP contribution in [0.2, 0.25) is 0 Å². The van der Waals surface area contributed by atoms with Crippen LogP contribution in [-0.2, 0) is 9.53 Å². The monoisotopic (exact) mass is 474 g/mol. The second kappa shape index (κ2) is 8.04. The Labute approximate surface area is 182 Å². The van der Waals surface area contributed by atoms with Crippen molar-refractivity contribution in [3.05, 3.63) is 63.8 Å². The highest BCUT2D eigenvalue weighted by Gasteiger charge is 2.36. The molecule has 0 aliphatic carbocycles. The molecule has 0 saturated heterocycles. The first-order valence-corrected chi connectivity index (χ1v) is 10.2. The van der Waals surface area contributed by atoms with Crippen LogP contribution in [0.25, 0.3) is 0 Å². The number of halogens is 1. The van der Waals surface area contributed by atoms with Crippen LogP contribution in [0.5, 0.6) is 11.5 Å². The van der Waals surface area contributed by atoms with Crippen LogP contribution in [0.1, 0.15) is 18.5 Å². The molecule has 2 aliphatic rings. The zero-order valence-corrected chi connectivity index (χ0v) is 18.3. The summed E-state index contributed by atoms with van der Waals surface area (Å²) in [5.74, 6) is 0.925. The molecule has 6 nitrogen and oxygen atoms in total. The zero-order chi connectivity index (χ0) is 20.5. The van der Waals surface area contributed by atoms with Crippen molar-refractivity contribution < 1.29 is 19.0 Å². The Balaban J connectivity index is 1.82. The number of thiocarbonyl (C=S) groups is 1. The molecular formula is C21H19BrN2O4S. The molecule has 2 aliphatic heterocycles. The molecule has 2 aromatic carbocycles. The van der Waals surface area contributed by atoms with Crippen LogP contribution < -0.4 is 19.7 Å². The number of fused-ring (bicyclic) bond motifs is 1. The number of hydrogen-bond donors (Lipinski definition) is 1. The molecule has 1 N–H and O–H groups in total. The number of nitrogens with one attached hydrogen (secondary N) is 1. The first-order valence-electron chi connectivity index (χ1n) is 9.05. The Morgan fingerprint density at radius 2 is 1.93 bits per heavy atom. The number of ether oxygens (including phenoxy) is 3. The molecule has 0 amide bonds. The Kier molecular flexibility index (Phi) is 5.47. The molecule has 0 unspecified atom stereocenters. The van der Waals surface area contributed by atoms with Gasteiger partial charge in [0.25, 0.3) is 0 Å². The van der Waals surface area contributed by atoms with E-state index in [1.165, 1.54) is 7.11 Å². The molecule has 0 radical (unpaired) electrons. The van der Waals surface area contributed by atoms with Crippen LogP contribution in [-0.4, -0.2) is 31.4 Å². The minimum atomic E-state index is -0.431. The highest BCUT2D eigenvalue weighted by atomic mass is 79.9. The lowest BCUT2D eigenvalue weighted by molar-refractivity contribution is -0.136. The summed E-state index contributed by atoms with van der Waals surface area (Å²) in [7, 11) is 1.38. The molecule has 4 rings (SSSR count). The van der Waals surface area contributed by atoms with Gasteiger partial charge in [-0.3, -0.25) is 4.90 Å². The van der Waals surface area contributed by atoms with Gasteiger partial charge in [-0.25, -0.2) is 4.79 Å². The average molecular weight is 475 g/mol. The molecule has 0 bridgehead atoms. The fraction of sp³-hybridized carbons (Fsp3) is 0.238. The molecule has 8 heteroatoms. The molecule has 2 aromatic rings. The number of rotatable bonds is 3. The van der Waals surface area contributed by atoms with Crippen LogP contribution in [0.15, 0.2) is 58.2 Å². The van der Waals surface area contributed by atoms with Crippen LogP contribution >= 0.6 is 28.1 Å². The van der Waals surface area contributed by atoms with Gasteiger partial charge in [-0.05, 0) is 42.9 Å². The van der Waals surface area contributed by atoms with E-state index < -0.39 is 12.0 Å². The number of allylic oxidation sites excluding steroid dienone is 1. The van der Waals surface area contributed by atoms with Gasteiger partial charge in [0.15, 0.2) is 16.6 Å². The van der Waals surface area contributed by atoms with Gasteiger partial charge in [0.05, 0.1) is 24.4 Å². The number of carbonyl (C=O) groups is 1. The zero-order valence-electron chi connectivity index (χ0n) is 15.9. The lowest BCUT2D eigenvalue weighted by atomic mass is 9.95. The molecule has 29 heavy (non-hydrogen) atoms. The molecule has 0 fully saturated rings. The molecule has 150 valence electrons. The first-order chi connectivity index (χ1) is 14.0. The first kappa shape index (κ1) is 19.7. The lowest BCUT2D eigenvalue weighted by Gasteiger charge is -2.38. The minimum Gasteiger partial charge on any atom is -0.486 e. The second-order valence-electron chi connectivity index (χ2n) is 6.56. The van der Waals surface area contributed by atoms with Gasteiger partial charge < -0.3 is 19.5 Å². The van der Waals surface area contributed by atoms with Crippen molar-refractivity contribution in [3.8, 4) is 11.5 Å². The van der Waals surface area contributed by atoms with Gasteiger partial charge >= 0.3 is 5.97 Å². The number of hydrogen-bond acceptors (Lipinski definition) is 5. The second-order valence-corrected chi connectivity index (χ2v) is 7.80. The number of esters is 1. The molecule has 1 atom stereocenters. The summed E-state index contributed by atoms with van der Waals surface area (Å²) >= 11 is 9.25. The van der Waals surface area contributed by atoms with E-state index in [1.807, 2.05) is 54.3 Å².